The summed E-state index contributed by atoms with van der Waals surface area (Å²) >= 11 is 12.7. The highest BCUT2D eigenvalue weighted by molar-refractivity contribution is 8.27. The van der Waals surface area contributed by atoms with Gasteiger partial charge >= 0.3 is 0 Å². The number of rotatable bonds is 4. The molecule has 1 aliphatic rings. The van der Waals surface area contributed by atoms with Gasteiger partial charge in [-0.05, 0) is 48.5 Å². The molecule has 0 aliphatic carbocycles. The number of thiocarbonyl (C=S) groups is 1. The summed E-state index contributed by atoms with van der Waals surface area (Å²) in [5, 5.41) is 0.635. The summed E-state index contributed by atoms with van der Waals surface area (Å²) in [4.78, 5) is 14.9. The molecule has 28 heavy (non-hydrogen) atoms. The maximum Gasteiger partial charge on any atom is 0.270 e. The molecule has 0 N–H and O–H groups in total. The number of ether oxygens (including phenoxy) is 1. The minimum Gasteiger partial charge on any atom is -0.497 e. The van der Waals surface area contributed by atoms with Crippen molar-refractivity contribution in [1.29, 1.82) is 0 Å². The average molecular weight is 428 g/mol. The van der Waals surface area contributed by atoms with Crippen LogP contribution in [0.2, 0.25) is 5.02 Å². The number of amides is 1. The Morgan fingerprint density at radius 3 is 2.64 bits per heavy atom. The summed E-state index contributed by atoms with van der Waals surface area (Å²) in [6.45, 7) is 0. The third-order valence-corrected chi connectivity index (χ3v) is 5.67. The fourth-order valence-corrected chi connectivity index (χ4v) is 4.25. The second kappa shape index (κ2) is 7.83. The van der Waals surface area contributed by atoms with Gasteiger partial charge in [-0.1, -0.05) is 47.7 Å². The third-order valence-electron chi connectivity index (χ3n) is 4.13. The lowest BCUT2D eigenvalue weighted by molar-refractivity contribution is -0.113. The van der Waals surface area contributed by atoms with Crippen LogP contribution in [0, 0.1) is 0 Å². The van der Waals surface area contributed by atoms with Crippen molar-refractivity contribution in [1.82, 2.24) is 0 Å². The second-order valence-corrected chi connectivity index (χ2v) is 8.04. The molecular weight excluding hydrogens is 414 g/mol. The van der Waals surface area contributed by atoms with Crippen LogP contribution in [0.1, 0.15) is 5.76 Å². The quantitative estimate of drug-likeness (QED) is 0.376. The monoisotopic (exact) mass is 427 g/mol. The molecule has 0 spiro atoms. The molecule has 2 aromatic carbocycles. The number of thioether (sulfide) groups is 1. The molecule has 1 saturated heterocycles. The van der Waals surface area contributed by atoms with Crippen molar-refractivity contribution in [2.75, 3.05) is 12.0 Å². The number of carbonyl (C=O) groups excluding carboxylic acids is 1. The summed E-state index contributed by atoms with van der Waals surface area (Å²) in [7, 11) is 1.60. The Balaban J connectivity index is 1.59. The Bertz CT molecular complexity index is 1090. The molecule has 1 aliphatic heterocycles. The Labute approximate surface area is 176 Å². The molecule has 0 unspecified atom stereocenters. The van der Waals surface area contributed by atoms with Crippen molar-refractivity contribution in [2.45, 2.75) is 0 Å². The summed E-state index contributed by atoms with van der Waals surface area (Å²) in [5.41, 5.74) is 1.57. The molecule has 1 aromatic heterocycles. The number of benzene rings is 2. The van der Waals surface area contributed by atoms with Crippen molar-refractivity contribution < 1.29 is 13.9 Å². The summed E-state index contributed by atoms with van der Waals surface area (Å²) in [5.74, 6) is 1.79. The van der Waals surface area contributed by atoms with E-state index in [0.717, 1.165) is 5.56 Å². The number of methoxy groups -OCH3 is 1. The average Bonchev–Trinajstić information content (AvgIpc) is 3.27. The third kappa shape index (κ3) is 3.71. The van der Waals surface area contributed by atoms with Crippen LogP contribution in [0.3, 0.4) is 0 Å². The van der Waals surface area contributed by atoms with Crippen LogP contribution in [0.25, 0.3) is 17.4 Å². The van der Waals surface area contributed by atoms with Gasteiger partial charge in [-0.2, -0.15) is 0 Å². The van der Waals surface area contributed by atoms with E-state index in [2.05, 4.69) is 0 Å². The van der Waals surface area contributed by atoms with Gasteiger partial charge in [-0.15, -0.1) is 0 Å². The molecule has 1 fully saturated rings. The normalized spacial score (nSPS) is 15.5. The highest BCUT2D eigenvalue weighted by Gasteiger charge is 2.33. The van der Waals surface area contributed by atoms with Crippen LogP contribution in [-0.2, 0) is 4.79 Å². The first-order valence-electron chi connectivity index (χ1n) is 8.33. The van der Waals surface area contributed by atoms with Crippen molar-refractivity contribution in [3.8, 4) is 17.1 Å². The van der Waals surface area contributed by atoms with E-state index in [1.165, 1.54) is 16.7 Å². The van der Waals surface area contributed by atoms with E-state index in [4.69, 9.17) is 33.0 Å². The largest absolute Gasteiger partial charge is 0.497 e. The van der Waals surface area contributed by atoms with Gasteiger partial charge in [0.25, 0.3) is 5.91 Å². The fraction of sp³-hybridized carbons (Fsp3) is 0.0476. The number of hydrogen-bond acceptors (Lipinski definition) is 5. The Kier molecular flexibility index (Phi) is 5.26. The molecule has 0 saturated carbocycles. The van der Waals surface area contributed by atoms with Crippen LogP contribution < -0.4 is 9.64 Å². The van der Waals surface area contributed by atoms with Gasteiger partial charge in [0.05, 0.1) is 17.7 Å². The van der Waals surface area contributed by atoms with Gasteiger partial charge in [-0.3, -0.25) is 9.69 Å². The number of nitrogens with zero attached hydrogens (tertiary/aromatic N) is 1. The topological polar surface area (TPSA) is 42.7 Å². The molecule has 0 radical (unpaired) electrons. The van der Waals surface area contributed by atoms with Gasteiger partial charge in [-0.25, -0.2) is 0 Å². The van der Waals surface area contributed by atoms with Gasteiger partial charge in [0.2, 0.25) is 0 Å². The van der Waals surface area contributed by atoms with Crippen LogP contribution in [-0.4, -0.2) is 17.3 Å². The smallest absolute Gasteiger partial charge is 0.270 e. The predicted molar refractivity (Wildman–Crippen MR) is 118 cm³/mol. The lowest BCUT2D eigenvalue weighted by atomic mass is 10.2. The summed E-state index contributed by atoms with van der Waals surface area (Å²) in [6, 6.07) is 18.3. The SMILES string of the molecule is COc1ccc(N2C(=O)/C(=C\c3ccc(-c4cccc(Cl)c4)o3)SC2=S)cc1. The molecule has 0 atom stereocenters. The zero-order valence-electron chi connectivity index (χ0n) is 14.7. The second-order valence-electron chi connectivity index (χ2n) is 5.93. The van der Waals surface area contributed by atoms with Gasteiger partial charge in [0.1, 0.15) is 17.3 Å². The molecule has 140 valence electrons. The lowest BCUT2D eigenvalue weighted by Crippen LogP contribution is -2.27. The van der Waals surface area contributed by atoms with E-state index >= 15 is 0 Å². The first-order valence-corrected chi connectivity index (χ1v) is 9.93. The van der Waals surface area contributed by atoms with Gasteiger partial charge in [0, 0.05) is 16.7 Å². The number of furan rings is 1. The van der Waals surface area contributed by atoms with Crippen molar-refractivity contribution >= 4 is 57.6 Å². The van der Waals surface area contributed by atoms with Crippen LogP contribution >= 0.6 is 35.6 Å². The van der Waals surface area contributed by atoms with Gasteiger partial charge in [0.15, 0.2) is 4.32 Å². The highest BCUT2D eigenvalue weighted by atomic mass is 35.5. The van der Waals surface area contributed by atoms with Crippen LogP contribution in [0.15, 0.2) is 70.0 Å². The highest BCUT2D eigenvalue weighted by Crippen LogP contribution is 2.37. The molecule has 4 nitrogen and oxygen atoms in total. The minimum atomic E-state index is -0.180. The van der Waals surface area contributed by atoms with Crippen molar-refractivity contribution in [3.05, 3.63) is 76.4 Å². The number of halogens is 1. The van der Waals surface area contributed by atoms with E-state index in [1.807, 2.05) is 30.3 Å². The molecule has 2 heterocycles. The van der Waals surface area contributed by atoms with E-state index < -0.39 is 0 Å². The van der Waals surface area contributed by atoms with Crippen molar-refractivity contribution in [3.63, 3.8) is 0 Å². The van der Waals surface area contributed by atoms with E-state index in [1.54, 1.807) is 43.5 Å². The standard InChI is InChI=1S/C21H14ClNO3S2/c1-25-16-7-5-15(6-8-16)23-20(24)19(28-21(23)27)12-17-9-10-18(26-17)13-3-2-4-14(22)11-13/h2-12H,1H3/b19-12+. The molecule has 7 heteroatoms. The Morgan fingerprint density at radius 1 is 1.14 bits per heavy atom. The van der Waals surface area contributed by atoms with Crippen LogP contribution in [0.4, 0.5) is 5.69 Å². The summed E-state index contributed by atoms with van der Waals surface area (Å²) < 4.78 is 11.5. The fourth-order valence-electron chi connectivity index (χ4n) is 2.78. The summed E-state index contributed by atoms with van der Waals surface area (Å²) in [6.07, 6.45) is 1.71. The van der Waals surface area contributed by atoms with Gasteiger partial charge < -0.3 is 9.15 Å². The maximum absolute atomic E-state index is 12.9. The molecule has 4 rings (SSSR count). The lowest BCUT2D eigenvalue weighted by Gasteiger charge is -2.14. The Hall–Kier alpha value is -2.54. The van der Waals surface area contributed by atoms with E-state index in [9.17, 15) is 4.79 Å². The first kappa shape index (κ1) is 18.8. The molecule has 0 bridgehead atoms. The zero-order valence-corrected chi connectivity index (χ0v) is 17.1. The molecule has 3 aromatic rings. The van der Waals surface area contributed by atoms with Crippen molar-refractivity contribution in [2.24, 2.45) is 0 Å². The van der Waals surface area contributed by atoms with E-state index in [-0.39, 0.29) is 5.91 Å². The number of hydrogen-bond donors (Lipinski definition) is 0. The molecular formula is C21H14ClNO3S2. The van der Waals surface area contributed by atoms with Crippen LogP contribution in [0.5, 0.6) is 5.75 Å². The number of anilines is 1. The zero-order chi connectivity index (χ0) is 19.7. The Morgan fingerprint density at radius 2 is 1.93 bits per heavy atom. The maximum atomic E-state index is 12.9. The van der Waals surface area contributed by atoms with E-state index in [0.29, 0.717) is 37.2 Å². The molecule has 1 amide bonds. The predicted octanol–water partition coefficient (Wildman–Crippen LogP) is 6.01. The number of carbonyl (C=O) groups is 1. The minimum absolute atomic E-state index is 0.180. The first-order chi connectivity index (χ1) is 13.5.